The van der Waals surface area contributed by atoms with Gasteiger partial charge in [0.2, 0.25) is 5.91 Å². The zero-order valence-electron chi connectivity index (χ0n) is 13.2. The lowest BCUT2D eigenvalue weighted by molar-refractivity contribution is -0.125. The number of para-hydroxylation sites is 1. The van der Waals surface area contributed by atoms with E-state index in [0.717, 1.165) is 4.90 Å². The number of hydrogen-bond donors (Lipinski definition) is 0. The summed E-state index contributed by atoms with van der Waals surface area (Å²) in [6.45, 7) is -0.145. The predicted octanol–water partition coefficient (Wildman–Crippen LogP) is 0.553. The quantitative estimate of drug-likeness (QED) is 0.755. The van der Waals surface area contributed by atoms with Crippen LogP contribution in [0.2, 0.25) is 0 Å². The van der Waals surface area contributed by atoms with Crippen LogP contribution in [0.4, 0.5) is 5.69 Å². The first-order valence-electron chi connectivity index (χ1n) is 7.16. The Kier molecular flexibility index (Phi) is 4.34. The van der Waals surface area contributed by atoms with E-state index in [2.05, 4.69) is 10.2 Å². The Bertz CT molecular complexity index is 819. The molecule has 1 aliphatic heterocycles. The molecule has 124 valence electrons. The number of aryl methyl sites for hydroxylation is 1. The maximum absolute atomic E-state index is 12.6. The van der Waals surface area contributed by atoms with E-state index in [9.17, 15) is 14.4 Å². The van der Waals surface area contributed by atoms with Crippen LogP contribution in [0.15, 0.2) is 35.7 Å². The van der Waals surface area contributed by atoms with E-state index >= 15 is 0 Å². The van der Waals surface area contributed by atoms with Crippen molar-refractivity contribution in [1.82, 2.24) is 19.7 Å². The molecule has 0 unspecified atom stereocenters. The highest BCUT2D eigenvalue weighted by atomic mass is 32.2. The SMILES string of the molecule is CN1CC(=O)N(C(=O)CSc2nncn2C)c2ccccc2C1=O. The summed E-state index contributed by atoms with van der Waals surface area (Å²) >= 11 is 1.19. The molecule has 0 saturated heterocycles. The molecule has 24 heavy (non-hydrogen) atoms. The van der Waals surface area contributed by atoms with Gasteiger partial charge in [-0.3, -0.25) is 14.4 Å². The summed E-state index contributed by atoms with van der Waals surface area (Å²) in [5, 5.41) is 8.22. The van der Waals surface area contributed by atoms with Crippen molar-refractivity contribution in [3.05, 3.63) is 36.2 Å². The van der Waals surface area contributed by atoms with Gasteiger partial charge in [-0.25, -0.2) is 4.90 Å². The number of rotatable bonds is 3. The molecule has 0 aliphatic carbocycles. The third-order valence-corrected chi connectivity index (χ3v) is 4.61. The van der Waals surface area contributed by atoms with Crippen molar-refractivity contribution in [3.63, 3.8) is 0 Å². The molecule has 1 aromatic carbocycles. The maximum atomic E-state index is 12.6. The van der Waals surface area contributed by atoms with Crippen LogP contribution < -0.4 is 4.90 Å². The van der Waals surface area contributed by atoms with Crippen LogP contribution >= 0.6 is 11.8 Å². The van der Waals surface area contributed by atoms with Gasteiger partial charge in [0.05, 0.1) is 17.0 Å². The summed E-state index contributed by atoms with van der Waals surface area (Å²) in [7, 11) is 3.31. The van der Waals surface area contributed by atoms with E-state index in [1.54, 1.807) is 42.9 Å². The van der Waals surface area contributed by atoms with Crippen LogP contribution in [-0.4, -0.2) is 56.7 Å². The van der Waals surface area contributed by atoms with Gasteiger partial charge in [0.25, 0.3) is 11.8 Å². The molecule has 3 amide bonds. The van der Waals surface area contributed by atoms with Crippen molar-refractivity contribution >= 4 is 35.2 Å². The summed E-state index contributed by atoms with van der Waals surface area (Å²) in [4.78, 5) is 39.9. The standard InChI is InChI=1S/C15H15N5O3S/c1-18-7-12(21)20(11-6-4-3-5-10(11)14(18)23)13(22)8-24-15-17-16-9-19(15)2/h3-6,9H,7-8H2,1-2H3. The molecule has 8 nitrogen and oxygen atoms in total. The number of amides is 3. The van der Waals surface area contributed by atoms with Crippen molar-refractivity contribution in [2.24, 2.45) is 7.05 Å². The van der Waals surface area contributed by atoms with Crippen molar-refractivity contribution < 1.29 is 14.4 Å². The molecule has 0 spiro atoms. The first-order chi connectivity index (χ1) is 11.5. The number of aromatic nitrogens is 3. The lowest BCUT2D eigenvalue weighted by Gasteiger charge is -2.20. The van der Waals surface area contributed by atoms with Gasteiger partial charge in [0, 0.05) is 14.1 Å². The molecule has 9 heteroatoms. The van der Waals surface area contributed by atoms with E-state index in [1.165, 1.54) is 23.0 Å². The van der Waals surface area contributed by atoms with Crippen molar-refractivity contribution in [1.29, 1.82) is 0 Å². The van der Waals surface area contributed by atoms with E-state index in [0.29, 0.717) is 16.4 Å². The monoisotopic (exact) mass is 345 g/mol. The molecule has 1 aliphatic rings. The molecule has 1 aromatic heterocycles. The predicted molar refractivity (Wildman–Crippen MR) is 87.6 cm³/mol. The van der Waals surface area contributed by atoms with Gasteiger partial charge in [-0.05, 0) is 12.1 Å². The Morgan fingerprint density at radius 1 is 1.25 bits per heavy atom. The van der Waals surface area contributed by atoms with Crippen LogP contribution in [0.1, 0.15) is 10.4 Å². The number of imide groups is 1. The molecule has 0 saturated carbocycles. The normalized spacial score (nSPS) is 14.6. The van der Waals surface area contributed by atoms with Crippen molar-refractivity contribution in [2.45, 2.75) is 5.16 Å². The second kappa shape index (κ2) is 6.44. The second-order valence-corrected chi connectivity index (χ2v) is 6.26. The summed E-state index contributed by atoms with van der Waals surface area (Å²) in [6, 6.07) is 6.62. The lowest BCUT2D eigenvalue weighted by atomic mass is 10.1. The molecule has 0 fully saturated rings. The number of likely N-dealkylation sites (N-methyl/N-ethyl adjacent to an activating group) is 1. The lowest BCUT2D eigenvalue weighted by Crippen LogP contribution is -2.42. The third kappa shape index (κ3) is 2.90. The molecule has 2 heterocycles. The third-order valence-electron chi connectivity index (χ3n) is 3.59. The van der Waals surface area contributed by atoms with Gasteiger partial charge in [0.1, 0.15) is 12.9 Å². The Balaban J connectivity index is 1.89. The Morgan fingerprint density at radius 2 is 2.00 bits per heavy atom. The Labute approximate surface area is 142 Å². The second-order valence-electron chi connectivity index (χ2n) is 5.31. The minimum absolute atomic E-state index is 0.0184. The van der Waals surface area contributed by atoms with Gasteiger partial charge in [-0.15, -0.1) is 10.2 Å². The zero-order chi connectivity index (χ0) is 17.3. The molecule has 3 rings (SSSR count). The Hall–Kier alpha value is -2.68. The number of benzene rings is 1. The largest absolute Gasteiger partial charge is 0.332 e. The molecular formula is C15H15N5O3S. The van der Waals surface area contributed by atoms with E-state index in [4.69, 9.17) is 0 Å². The molecule has 0 bridgehead atoms. The van der Waals surface area contributed by atoms with E-state index in [-0.39, 0.29) is 18.2 Å². The molecule has 0 N–H and O–H groups in total. The summed E-state index contributed by atoms with van der Waals surface area (Å²) < 4.78 is 1.69. The molecule has 2 aromatic rings. The first kappa shape index (κ1) is 16.2. The Morgan fingerprint density at radius 3 is 2.71 bits per heavy atom. The fourth-order valence-electron chi connectivity index (χ4n) is 2.40. The number of fused-ring (bicyclic) bond motifs is 1. The summed E-state index contributed by atoms with van der Waals surface area (Å²) in [5.74, 6) is -1.09. The molecule has 0 atom stereocenters. The van der Waals surface area contributed by atoms with Crippen molar-refractivity contribution in [2.75, 3.05) is 24.2 Å². The van der Waals surface area contributed by atoms with Crippen molar-refractivity contribution in [3.8, 4) is 0 Å². The van der Waals surface area contributed by atoms with Gasteiger partial charge in [-0.1, -0.05) is 23.9 Å². The summed E-state index contributed by atoms with van der Waals surface area (Å²) in [5.41, 5.74) is 0.656. The van der Waals surface area contributed by atoms with Gasteiger partial charge >= 0.3 is 0 Å². The van der Waals surface area contributed by atoms with Crippen LogP contribution in [0.3, 0.4) is 0 Å². The highest BCUT2D eigenvalue weighted by molar-refractivity contribution is 7.99. The number of thioether (sulfide) groups is 1. The highest BCUT2D eigenvalue weighted by Gasteiger charge is 2.33. The van der Waals surface area contributed by atoms with Crippen LogP contribution in [0, 0.1) is 0 Å². The smallest absolute Gasteiger partial charge is 0.256 e. The average Bonchev–Trinajstić information content (AvgIpc) is 2.94. The summed E-state index contributed by atoms with van der Waals surface area (Å²) in [6.07, 6.45) is 1.53. The average molecular weight is 345 g/mol. The van der Waals surface area contributed by atoms with Gasteiger partial charge in [0.15, 0.2) is 5.16 Å². The number of anilines is 1. The van der Waals surface area contributed by atoms with Crippen LogP contribution in [-0.2, 0) is 16.6 Å². The first-order valence-corrected chi connectivity index (χ1v) is 8.14. The van der Waals surface area contributed by atoms with E-state index in [1.807, 2.05) is 0 Å². The number of carbonyl (C=O) groups is 3. The number of carbonyl (C=O) groups excluding carboxylic acids is 3. The van der Waals surface area contributed by atoms with Gasteiger partial charge < -0.3 is 9.47 Å². The fourth-order valence-corrected chi connectivity index (χ4v) is 3.14. The molecule has 0 radical (unpaired) electrons. The topological polar surface area (TPSA) is 88.4 Å². The van der Waals surface area contributed by atoms with Gasteiger partial charge in [-0.2, -0.15) is 0 Å². The molecular weight excluding hydrogens is 330 g/mol. The number of nitrogens with zero attached hydrogens (tertiary/aromatic N) is 5. The highest BCUT2D eigenvalue weighted by Crippen LogP contribution is 2.26. The minimum atomic E-state index is -0.431. The fraction of sp³-hybridized carbons (Fsp3) is 0.267. The van der Waals surface area contributed by atoms with Crippen LogP contribution in [0.25, 0.3) is 0 Å². The minimum Gasteiger partial charge on any atom is -0.332 e. The zero-order valence-corrected chi connectivity index (χ0v) is 14.0. The number of hydrogen-bond acceptors (Lipinski definition) is 6. The van der Waals surface area contributed by atoms with E-state index < -0.39 is 11.8 Å². The maximum Gasteiger partial charge on any atom is 0.256 e. The van der Waals surface area contributed by atoms with Crippen LogP contribution in [0.5, 0.6) is 0 Å².